The number of piperidine rings is 1. The molecule has 1 heterocycles. The molecule has 2 unspecified atom stereocenters. The molecule has 2 amide bonds. The first-order valence-corrected chi connectivity index (χ1v) is 9.58. The van der Waals surface area contributed by atoms with Crippen LogP contribution in [0, 0.1) is 11.8 Å². The Hall–Kier alpha value is -2.04. The number of amides is 2. The SMILES string of the molecule is CC(CCC1CCCN(C(=O)OC(C)(C)C)C1)C(=O)Nc1ccccc1. The van der Waals surface area contributed by atoms with Gasteiger partial charge in [-0.1, -0.05) is 25.1 Å². The van der Waals surface area contributed by atoms with Gasteiger partial charge in [-0.2, -0.15) is 0 Å². The lowest BCUT2D eigenvalue weighted by Gasteiger charge is -2.34. The Kier molecular flexibility index (Phi) is 7.06. The summed E-state index contributed by atoms with van der Waals surface area (Å²) in [6, 6.07) is 9.54. The second kappa shape index (κ2) is 9.06. The molecule has 1 saturated heterocycles. The van der Waals surface area contributed by atoms with Gasteiger partial charge in [-0.15, -0.1) is 0 Å². The van der Waals surface area contributed by atoms with E-state index in [1.807, 2.05) is 62.9 Å². The topological polar surface area (TPSA) is 58.6 Å². The Morgan fingerprint density at radius 2 is 1.96 bits per heavy atom. The van der Waals surface area contributed by atoms with E-state index in [1.165, 1.54) is 0 Å². The monoisotopic (exact) mass is 360 g/mol. The fourth-order valence-corrected chi connectivity index (χ4v) is 3.20. The molecular weight excluding hydrogens is 328 g/mol. The van der Waals surface area contributed by atoms with Gasteiger partial charge in [0.2, 0.25) is 5.91 Å². The van der Waals surface area contributed by atoms with Crippen LogP contribution in [0.3, 0.4) is 0 Å². The minimum atomic E-state index is -0.464. The standard InChI is InChI=1S/C21H32N2O3/c1-16(19(24)22-18-10-6-5-7-11-18)12-13-17-9-8-14-23(15-17)20(25)26-21(2,3)4/h5-7,10-11,16-17H,8-9,12-15H2,1-4H3,(H,22,24). The van der Waals surface area contributed by atoms with Crippen molar-refractivity contribution in [3.05, 3.63) is 30.3 Å². The largest absolute Gasteiger partial charge is 0.444 e. The third-order valence-electron chi connectivity index (χ3n) is 4.67. The van der Waals surface area contributed by atoms with Crippen LogP contribution >= 0.6 is 0 Å². The normalized spacial score (nSPS) is 18.9. The van der Waals surface area contributed by atoms with Crippen LogP contribution in [0.25, 0.3) is 0 Å². The molecule has 144 valence electrons. The minimum absolute atomic E-state index is 0.0490. The number of ether oxygens (including phenoxy) is 1. The quantitative estimate of drug-likeness (QED) is 0.829. The van der Waals surface area contributed by atoms with Gasteiger partial charge in [0.25, 0.3) is 0 Å². The molecule has 0 saturated carbocycles. The number of rotatable bonds is 5. The highest BCUT2D eigenvalue weighted by Gasteiger charge is 2.28. The van der Waals surface area contributed by atoms with Gasteiger partial charge in [-0.3, -0.25) is 4.79 Å². The molecule has 5 nitrogen and oxygen atoms in total. The third kappa shape index (κ3) is 6.70. The van der Waals surface area contributed by atoms with E-state index < -0.39 is 5.60 Å². The van der Waals surface area contributed by atoms with Crippen molar-refractivity contribution in [3.8, 4) is 0 Å². The molecule has 1 aromatic carbocycles. The number of para-hydroxylation sites is 1. The van der Waals surface area contributed by atoms with Crippen molar-refractivity contribution in [2.45, 2.75) is 59.0 Å². The Labute approximate surface area is 157 Å². The average molecular weight is 360 g/mol. The molecule has 1 N–H and O–H groups in total. The van der Waals surface area contributed by atoms with Crippen LogP contribution in [0.5, 0.6) is 0 Å². The predicted octanol–water partition coefficient (Wildman–Crippen LogP) is 4.69. The number of nitrogens with zero attached hydrogens (tertiary/aromatic N) is 1. The second-order valence-corrected chi connectivity index (χ2v) is 8.27. The first kappa shape index (κ1) is 20.3. The van der Waals surface area contributed by atoms with Gasteiger partial charge in [0.15, 0.2) is 0 Å². The van der Waals surface area contributed by atoms with Crippen molar-refractivity contribution in [1.29, 1.82) is 0 Å². The molecular formula is C21H32N2O3. The molecule has 1 aliphatic heterocycles. The van der Waals surface area contributed by atoms with Gasteiger partial charge in [-0.05, 0) is 64.5 Å². The molecule has 0 radical (unpaired) electrons. The molecule has 1 aromatic rings. The van der Waals surface area contributed by atoms with E-state index >= 15 is 0 Å². The van der Waals surface area contributed by atoms with E-state index in [4.69, 9.17) is 4.74 Å². The number of anilines is 1. The maximum absolute atomic E-state index is 12.3. The number of hydrogen-bond donors (Lipinski definition) is 1. The number of likely N-dealkylation sites (tertiary alicyclic amines) is 1. The zero-order valence-electron chi connectivity index (χ0n) is 16.5. The van der Waals surface area contributed by atoms with E-state index in [2.05, 4.69) is 5.32 Å². The van der Waals surface area contributed by atoms with Gasteiger partial charge >= 0.3 is 6.09 Å². The van der Waals surface area contributed by atoms with Gasteiger partial charge in [0, 0.05) is 24.7 Å². The molecule has 0 aliphatic carbocycles. The van der Waals surface area contributed by atoms with Crippen LogP contribution in [0.1, 0.15) is 53.4 Å². The Morgan fingerprint density at radius 3 is 2.62 bits per heavy atom. The summed E-state index contributed by atoms with van der Waals surface area (Å²) < 4.78 is 5.48. The first-order valence-electron chi connectivity index (χ1n) is 9.58. The van der Waals surface area contributed by atoms with Crippen molar-refractivity contribution in [2.75, 3.05) is 18.4 Å². The number of nitrogens with one attached hydrogen (secondary N) is 1. The van der Waals surface area contributed by atoms with Crippen molar-refractivity contribution >= 4 is 17.7 Å². The van der Waals surface area contributed by atoms with Crippen molar-refractivity contribution in [2.24, 2.45) is 11.8 Å². The highest BCUT2D eigenvalue weighted by molar-refractivity contribution is 5.92. The maximum Gasteiger partial charge on any atom is 0.410 e. The summed E-state index contributed by atoms with van der Waals surface area (Å²) >= 11 is 0. The lowest BCUT2D eigenvalue weighted by Crippen LogP contribution is -2.43. The fraction of sp³-hybridized carbons (Fsp3) is 0.619. The van der Waals surface area contributed by atoms with Crippen LogP contribution in [0.15, 0.2) is 30.3 Å². The summed E-state index contributed by atoms with van der Waals surface area (Å²) in [5.74, 6) is 0.436. The van der Waals surface area contributed by atoms with Crippen LogP contribution in [-0.4, -0.2) is 35.6 Å². The summed E-state index contributed by atoms with van der Waals surface area (Å²) in [5, 5.41) is 2.96. The van der Waals surface area contributed by atoms with Crippen LogP contribution in [0.2, 0.25) is 0 Å². The number of carbonyl (C=O) groups excluding carboxylic acids is 2. The van der Waals surface area contributed by atoms with Gasteiger partial charge in [0.05, 0.1) is 0 Å². The molecule has 1 fully saturated rings. The van der Waals surface area contributed by atoms with E-state index in [0.29, 0.717) is 5.92 Å². The molecule has 26 heavy (non-hydrogen) atoms. The predicted molar refractivity (Wildman–Crippen MR) is 104 cm³/mol. The molecule has 2 rings (SSSR count). The van der Waals surface area contributed by atoms with E-state index in [1.54, 1.807) is 0 Å². The molecule has 0 bridgehead atoms. The lowest BCUT2D eigenvalue weighted by molar-refractivity contribution is -0.119. The summed E-state index contributed by atoms with van der Waals surface area (Å²) in [5.41, 5.74) is 0.367. The second-order valence-electron chi connectivity index (χ2n) is 8.27. The molecule has 0 spiro atoms. The summed E-state index contributed by atoms with van der Waals surface area (Å²) in [6.07, 6.45) is 3.65. The van der Waals surface area contributed by atoms with Gasteiger partial charge in [-0.25, -0.2) is 4.79 Å². The lowest BCUT2D eigenvalue weighted by atomic mass is 9.90. The minimum Gasteiger partial charge on any atom is -0.444 e. The molecule has 0 aromatic heterocycles. The highest BCUT2D eigenvalue weighted by Crippen LogP contribution is 2.25. The maximum atomic E-state index is 12.3. The van der Waals surface area contributed by atoms with E-state index in [-0.39, 0.29) is 17.9 Å². The summed E-state index contributed by atoms with van der Waals surface area (Å²) in [6.45, 7) is 9.11. The van der Waals surface area contributed by atoms with Crippen LogP contribution in [-0.2, 0) is 9.53 Å². The van der Waals surface area contributed by atoms with Gasteiger partial charge in [0.1, 0.15) is 5.60 Å². The molecule has 2 atom stereocenters. The summed E-state index contributed by atoms with van der Waals surface area (Å²) in [4.78, 5) is 26.4. The third-order valence-corrected chi connectivity index (χ3v) is 4.67. The Bertz CT molecular complexity index is 595. The Balaban J connectivity index is 1.77. The Morgan fingerprint density at radius 1 is 1.27 bits per heavy atom. The van der Waals surface area contributed by atoms with E-state index in [0.717, 1.165) is 44.5 Å². The molecule has 1 aliphatic rings. The number of carbonyl (C=O) groups is 2. The van der Waals surface area contributed by atoms with E-state index in [9.17, 15) is 9.59 Å². The smallest absolute Gasteiger partial charge is 0.410 e. The fourth-order valence-electron chi connectivity index (χ4n) is 3.20. The first-order chi connectivity index (χ1) is 12.2. The number of hydrogen-bond acceptors (Lipinski definition) is 3. The zero-order valence-corrected chi connectivity index (χ0v) is 16.5. The molecule has 5 heteroatoms. The average Bonchev–Trinajstić information content (AvgIpc) is 2.59. The summed E-state index contributed by atoms with van der Waals surface area (Å²) in [7, 11) is 0. The van der Waals surface area contributed by atoms with Crippen molar-refractivity contribution in [1.82, 2.24) is 4.90 Å². The zero-order chi connectivity index (χ0) is 19.2. The highest BCUT2D eigenvalue weighted by atomic mass is 16.6. The van der Waals surface area contributed by atoms with Gasteiger partial charge < -0.3 is 15.0 Å². The van der Waals surface area contributed by atoms with Crippen LogP contribution in [0.4, 0.5) is 10.5 Å². The van der Waals surface area contributed by atoms with Crippen molar-refractivity contribution < 1.29 is 14.3 Å². The number of benzene rings is 1. The van der Waals surface area contributed by atoms with Crippen LogP contribution < -0.4 is 5.32 Å². The van der Waals surface area contributed by atoms with Crippen molar-refractivity contribution in [3.63, 3.8) is 0 Å².